The second-order valence-electron chi connectivity index (χ2n) is 4.86. The monoisotopic (exact) mass is 275 g/mol. The normalized spacial score (nSPS) is 10.9. The minimum Gasteiger partial charge on any atom is -0.493 e. The summed E-state index contributed by atoms with van der Waals surface area (Å²) in [5.41, 5.74) is 0. The Morgan fingerprint density at radius 3 is 2.50 bits per heavy atom. The van der Waals surface area contributed by atoms with Gasteiger partial charge in [0, 0.05) is 19.0 Å². The fraction of sp³-hybridized carbons (Fsp3) is 0.467. The van der Waals surface area contributed by atoms with E-state index in [0.29, 0.717) is 30.9 Å². The minimum absolute atomic E-state index is 0.469. The molecule has 1 heterocycles. The Balaban J connectivity index is 1.70. The Morgan fingerprint density at radius 2 is 1.80 bits per heavy atom. The van der Waals surface area contributed by atoms with Gasteiger partial charge < -0.3 is 14.5 Å². The van der Waals surface area contributed by atoms with Gasteiger partial charge in [0.2, 0.25) is 11.8 Å². The van der Waals surface area contributed by atoms with E-state index in [1.54, 1.807) is 0 Å². The molecule has 0 spiro atoms. The van der Waals surface area contributed by atoms with E-state index in [1.165, 1.54) is 0 Å². The first kappa shape index (κ1) is 14.5. The summed E-state index contributed by atoms with van der Waals surface area (Å²) >= 11 is 0. The number of hydrogen-bond acceptors (Lipinski definition) is 5. The molecule has 1 N–H and O–H groups in total. The molecule has 0 fully saturated rings. The lowest BCUT2D eigenvalue weighted by Gasteiger charge is -2.05. The third kappa shape index (κ3) is 5.01. The van der Waals surface area contributed by atoms with Crippen molar-refractivity contribution in [1.82, 2.24) is 15.5 Å². The van der Waals surface area contributed by atoms with Crippen LogP contribution in [-0.4, -0.2) is 29.4 Å². The zero-order valence-corrected chi connectivity index (χ0v) is 12.0. The fourth-order valence-electron chi connectivity index (χ4n) is 1.73. The summed E-state index contributed by atoms with van der Waals surface area (Å²) in [4.78, 5) is 0. The second-order valence-corrected chi connectivity index (χ2v) is 4.86. The van der Waals surface area contributed by atoms with Crippen LogP contribution in [0.1, 0.15) is 25.6 Å². The second kappa shape index (κ2) is 7.65. The van der Waals surface area contributed by atoms with Crippen LogP contribution in [0, 0.1) is 0 Å². The maximum absolute atomic E-state index is 5.59. The number of ether oxygens (including phenoxy) is 1. The molecule has 20 heavy (non-hydrogen) atoms. The summed E-state index contributed by atoms with van der Waals surface area (Å²) in [6.45, 7) is 5.61. The lowest BCUT2D eigenvalue weighted by molar-refractivity contribution is 0.303. The van der Waals surface area contributed by atoms with E-state index in [1.807, 2.05) is 30.3 Å². The molecule has 0 amide bonds. The first-order valence-corrected chi connectivity index (χ1v) is 6.96. The van der Waals surface area contributed by atoms with Crippen molar-refractivity contribution >= 4 is 0 Å². The SMILES string of the molecule is CC(C)NCCc1nnc(CCOc2ccccc2)o1. The van der Waals surface area contributed by atoms with Crippen LogP contribution >= 0.6 is 0 Å². The minimum atomic E-state index is 0.469. The quantitative estimate of drug-likeness (QED) is 0.800. The average Bonchev–Trinajstić information content (AvgIpc) is 2.87. The molecule has 0 aliphatic heterocycles. The van der Waals surface area contributed by atoms with E-state index in [2.05, 4.69) is 29.4 Å². The highest BCUT2D eigenvalue weighted by molar-refractivity contribution is 5.20. The van der Waals surface area contributed by atoms with Crippen LogP contribution in [0.5, 0.6) is 5.75 Å². The van der Waals surface area contributed by atoms with Gasteiger partial charge in [-0.25, -0.2) is 0 Å². The molecule has 5 heteroatoms. The van der Waals surface area contributed by atoms with Crippen LogP contribution in [0.3, 0.4) is 0 Å². The van der Waals surface area contributed by atoms with Gasteiger partial charge in [0.25, 0.3) is 0 Å². The fourth-order valence-corrected chi connectivity index (χ4v) is 1.73. The Bertz CT molecular complexity index is 497. The summed E-state index contributed by atoms with van der Waals surface area (Å²) in [5.74, 6) is 2.15. The first-order chi connectivity index (χ1) is 9.74. The van der Waals surface area contributed by atoms with Crippen molar-refractivity contribution in [2.45, 2.75) is 32.7 Å². The Labute approximate surface area is 119 Å². The third-order valence-electron chi connectivity index (χ3n) is 2.73. The molecule has 0 radical (unpaired) electrons. The molecular formula is C15H21N3O2. The average molecular weight is 275 g/mol. The number of para-hydroxylation sites is 1. The van der Waals surface area contributed by atoms with E-state index >= 15 is 0 Å². The summed E-state index contributed by atoms with van der Waals surface area (Å²) < 4.78 is 11.2. The lowest BCUT2D eigenvalue weighted by Crippen LogP contribution is -2.25. The van der Waals surface area contributed by atoms with E-state index in [-0.39, 0.29) is 0 Å². The van der Waals surface area contributed by atoms with Crippen LogP contribution in [-0.2, 0) is 12.8 Å². The number of nitrogens with zero attached hydrogens (tertiary/aromatic N) is 2. The molecule has 1 aromatic heterocycles. The highest BCUT2D eigenvalue weighted by Crippen LogP contribution is 2.09. The molecule has 0 aliphatic rings. The van der Waals surface area contributed by atoms with E-state index in [4.69, 9.17) is 9.15 Å². The molecule has 2 aromatic rings. The number of hydrogen-bond donors (Lipinski definition) is 1. The molecule has 0 bridgehead atoms. The molecule has 0 unspecified atom stereocenters. The van der Waals surface area contributed by atoms with E-state index in [0.717, 1.165) is 18.7 Å². The highest BCUT2D eigenvalue weighted by Gasteiger charge is 2.06. The number of benzene rings is 1. The molecule has 0 aliphatic carbocycles. The Hall–Kier alpha value is -1.88. The van der Waals surface area contributed by atoms with Crippen LogP contribution in [0.25, 0.3) is 0 Å². The van der Waals surface area contributed by atoms with Crippen molar-refractivity contribution < 1.29 is 9.15 Å². The molecular weight excluding hydrogens is 254 g/mol. The van der Waals surface area contributed by atoms with Crippen molar-refractivity contribution in [1.29, 1.82) is 0 Å². The van der Waals surface area contributed by atoms with Gasteiger partial charge in [0.05, 0.1) is 13.0 Å². The van der Waals surface area contributed by atoms with Gasteiger partial charge in [-0.3, -0.25) is 0 Å². The standard InChI is InChI=1S/C15H21N3O2/c1-12(2)16-10-8-14-17-18-15(20-14)9-11-19-13-6-4-3-5-7-13/h3-7,12,16H,8-11H2,1-2H3. The number of nitrogens with one attached hydrogen (secondary N) is 1. The van der Waals surface area contributed by atoms with Gasteiger partial charge in [-0.05, 0) is 12.1 Å². The maximum atomic E-state index is 5.59. The van der Waals surface area contributed by atoms with Crippen molar-refractivity contribution in [3.05, 3.63) is 42.1 Å². The molecule has 0 atom stereocenters. The molecule has 1 aromatic carbocycles. The highest BCUT2D eigenvalue weighted by atomic mass is 16.5. The topological polar surface area (TPSA) is 60.2 Å². The smallest absolute Gasteiger partial charge is 0.219 e. The predicted molar refractivity (Wildman–Crippen MR) is 76.8 cm³/mol. The lowest BCUT2D eigenvalue weighted by atomic mass is 10.3. The van der Waals surface area contributed by atoms with Gasteiger partial charge in [0.1, 0.15) is 5.75 Å². The van der Waals surface area contributed by atoms with Crippen LogP contribution in [0.15, 0.2) is 34.7 Å². The molecule has 2 rings (SSSR count). The van der Waals surface area contributed by atoms with Crippen molar-refractivity contribution in [2.24, 2.45) is 0 Å². The van der Waals surface area contributed by atoms with Gasteiger partial charge in [-0.1, -0.05) is 32.0 Å². The van der Waals surface area contributed by atoms with Crippen molar-refractivity contribution in [2.75, 3.05) is 13.2 Å². The largest absolute Gasteiger partial charge is 0.493 e. The first-order valence-electron chi connectivity index (χ1n) is 6.96. The summed E-state index contributed by atoms with van der Waals surface area (Å²) in [7, 11) is 0. The zero-order chi connectivity index (χ0) is 14.2. The summed E-state index contributed by atoms with van der Waals surface area (Å²) in [6.07, 6.45) is 1.38. The van der Waals surface area contributed by atoms with Crippen molar-refractivity contribution in [3.63, 3.8) is 0 Å². The van der Waals surface area contributed by atoms with Gasteiger partial charge in [-0.2, -0.15) is 0 Å². The molecule has 108 valence electrons. The van der Waals surface area contributed by atoms with Gasteiger partial charge >= 0.3 is 0 Å². The third-order valence-corrected chi connectivity index (χ3v) is 2.73. The zero-order valence-electron chi connectivity index (χ0n) is 12.0. The predicted octanol–water partition coefficient (Wildman–Crippen LogP) is 2.23. The van der Waals surface area contributed by atoms with Crippen LogP contribution in [0.2, 0.25) is 0 Å². The van der Waals surface area contributed by atoms with Crippen LogP contribution < -0.4 is 10.1 Å². The van der Waals surface area contributed by atoms with E-state index < -0.39 is 0 Å². The Kier molecular flexibility index (Phi) is 5.55. The molecule has 0 saturated heterocycles. The molecule has 0 saturated carbocycles. The van der Waals surface area contributed by atoms with Crippen molar-refractivity contribution in [3.8, 4) is 5.75 Å². The molecule has 5 nitrogen and oxygen atoms in total. The number of rotatable bonds is 8. The van der Waals surface area contributed by atoms with Gasteiger partial charge in [0.15, 0.2) is 0 Å². The van der Waals surface area contributed by atoms with E-state index in [9.17, 15) is 0 Å². The Morgan fingerprint density at radius 1 is 1.10 bits per heavy atom. The van der Waals surface area contributed by atoms with Crippen LogP contribution in [0.4, 0.5) is 0 Å². The maximum Gasteiger partial charge on any atom is 0.219 e. The van der Waals surface area contributed by atoms with Gasteiger partial charge in [-0.15, -0.1) is 10.2 Å². The number of aromatic nitrogens is 2. The summed E-state index contributed by atoms with van der Waals surface area (Å²) in [6, 6.07) is 10.2. The summed E-state index contributed by atoms with van der Waals surface area (Å²) in [5, 5.41) is 11.4.